The van der Waals surface area contributed by atoms with Gasteiger partial charge >= 0.3 is 5.97 Å². The lowest BCUT2D eigenvalue weighted by Gasteiger charge is -2.22. The van der Waals surface area contributed by atoms with Crippen LogP contribution < -0.4 is 5.32 Å². The van der Waals surface area contributed by atoms with Crippen LogP contribution in [-0.4, -0.2) is 29.9 Å². The summed E-state index contributed by atoms with van der Waals surface area (Å²) < 4.78 is 5.16. The molecule has 0 aromatic rings. The molecule has 0 aromatic heterocycles. The summed E-state index contributed by atoms with van der Waals surface area (Å²) in [4.78, 5) is 22.9. The molecule has 1 fully saturated rings. The fourth-order valence-electron chi connectivity index (χ4n) is 1.47. The Morgan fingerprint density at radius 3 is 2.43 bits per heavy atom. The van der Waals surface area contributed by atoms with Crippen LogP contribution in [0.25, 0.3) is 0 Å². The first kappa shape index (κ1) is 11.2. The minimum Gasteiger partial charge on any atom is -0.459 e. The summed E-state index contributed by atoms with van der Waals surface area (Å²) in [5.74, 6) is -1.12. The molecule has 0 aliphatic carbocycles. The zero-order valence-electron chi connectivity index (χ0n) is 9.09. The van der Waals surface area contributed by atoms with Gasteiger partial charge in [-0.25, -0.2) is 0 Å². The predicted octanol–water partition coefficient (Wildman–Crippen LogP) is 0.505. The molecule has 1 aliphatic rings. The van der Waals surface area contributed by atoms with E-state index in [1.165, 1.54) is 0 Å². The lowest BCUT2D eigenvalue weighted by molar-refractivity contribution is -0.161. The second-order valence-corrected chi connectivity index (χ2v) is 4.65. The van der Waals surface area contributed by atoms with Crippen molar-refractivity contribution >= 4 is 11.8 Å². The Kier molecular flexibility index (Phi) is 2.95. The third-order valence-corrected chi connectivity index (χ3v) is 2.11. The second kappa shape index (κ2) is 3.69. The van der Waals surface area contributed by atoms with E-state index in [0.29, 0.717) is 0 Å². The molecule has 1 unspecified atom stereocenters. The fourth-order valence-corrected chi connectivity index (χ4v) is 1.47. The molecule has 1 rings (SSSR count). The van der Waals surface area contributed by atoms with E-state index < -0.39 is 17.5 Å². The average molecular weight is 199 g/mol. The molecule has 2 atom stereocenters. The number of ketones is 1. The van der Waals surface area contributed by atoms with E-state index >= 15 is 0 Å². The highest BCUT2D eigenvalue weighted by Crippen LogP contribution is 2.17. The molecule has 1 saturated heterocycles. The Morgan fingerprint density at radius 1 is 1.50 bits per heavy atom. The standard InChI is InChI=1S/C10H17NO3/c1-6-8(7(12)5-11-6)9(13)14-10(2,3)4/h6,8,11H,5H2,1-4H3/t6-,8?/m0/s1. The average Bonchev–Trinajstić information content (AvgIpc) is 2.27. The molecule has 0 spiro atoms. The number of carbonyl (C=O) groups excluding carboxylic acids is 2. The van der Waals surface area contributed by atoms with Crippen molar-refractivity contribution in [1.29, 1.82) is 0 Å². The molecule has 1 N–H and O–H groups in total. The Hall–Kier alpha value is -0.900. The van der Waals surface area contributed by atoms with Crippen LogP contribution in [0.15, 0.2) is 0 Å². The zero-order chi connectivity index (χ0) is 10.9. The molecule has 0 bridgehead atoms. The number of carbonyl (C=O) groups is 2. The summed E-state index contributed by atoms with van der Waals surface area (Å²) in [6.07, 6.45) is 0. The quantitative estimate of drug-likeness (QED) is 0.493. The molecule has 4 nitrogen and oxygen atoms in total. The zero-order valence-corrected chi connectivity index (χ0v) is 9.09. The smallest absolute Gasteiger partial charge is 0.318 e. The Balaban J connectivity index is 2.65. The lowest BCUT2D eigenvalue weighted by atomic mass is 10.0. The minimum absolute atomic E-state index is 0.0771. The predicted molar refractivity (Wildman–Crippen MR) is 51.8 cm³/mol. The Morgan fingerprint density at radius 2 is 2.07 bits per heavy atom. The first-order chi connectivity index (χ1) is 6.31. The van der Waals surface area contributed by atoms with Crippen LogP contribution in [0, 0.1) is 5.92 Å². The van der Waals surface area contributed by atoms with Crippen molar-refractivity contribution in [3.8, 4) is 0 Å². The highest BCUT2D eigenvalue weighted by atomic mass is 16.6. The van der Waals surface area contributed by atoms with E-state index in [1.54, 1.807) is 20.8 Å². The maximum Gasteiger partial charge on any atom is 0.318 e. The van der Waals surface area contributed by atoms with E-state index in [4.69, 9.17) is 4.74 Å². The second-order valence-electron chi connectivity index (χ2n) is 4.65. The Bertz CT molecular complexity index is 255. The molecule has 80 valence electrons. The van der Waals surface area contributed by atoms with Crippen LogP contribution in [-0.2, 0) is 14.3 Å². The molecule has 0 saturated carbocycles. The summed E-state index contributed by atoms with van der Waals surface area (Å²) in [5.41, 5.74) is -0.528. The highest BCUT2D eigenvalue weighted by molar-refractivity contribution is 6.02. The summed E-state index contributed by atoms with van der Waals surface area (Å²) >= 11 is 0. The molecule has 0 radical (unpaired) electrons. The summed E-state index contributed by atoms with van der Waals surface area (Å²) in [7, 11) is 0. The number of hydrogen-bond acceptors (Lipinski definition) is 4. The van der Waals surface area contributed by atoms with Crippen molar-refractivity contribution in [2.24, 2.45) is 5.92 Å². The number of hydrogen-bond donors (Lipinski definition) is 1. The van der Waals surface area contributed by atoms with Gasteiger partial charge in [0.15, 0.2) is 5.78 Å². The maximum atomic E-state index is 11.6. The van der Waals surface area contributed by atoms with E-state index in [-0.39, 0.29) is 18.4 Å². The third-order valence-electron chi connectivity index (χ3n) is 2.11. The van der Waals surface area contributed by atoms with E-state index in [9.17, 15) is 9.59 Å². The van der Waals surface area contributed by atoms with Gasteiger partial charge in [0.1, 0.15) is 11.5 Å². The van der Waals surface area contributed by atoms with Crippen LogP contribution in [0.3, 0.4) is 0 Å². The molecule has 14 heavy (non-hydrogen) atoms. The molecule has 0 amide bonds. The fraction of sp³-hybridized carbons (Fsp3) is 0.800. The first-order valence-electron chi connectivity index (χ1n) is 4.80. The summed E-state index contributed by atoms with van der Waals surface area (Å²) in [6, 6.07) is -0.114. The van der Waals surface area contributed by atoms with Crippen LogP contribution in [0.1, 0.15) is 27.7 Å². The summed E-state index contributed by atoms with van der Waals surface area (Å²) in [5, 5.41) is 2.94. The molecular formula is C10H17NO3. The van der Waals surface area contributed by atoms with Gasteiger partial charge in [-0.1, -0.05) is 0 Å². The van der Waals surface area contributed by atoms with Crippen LogP contribution >= 0.6 is 0 Å². The Labute approximate surface area is 84.0 Å². The molecule has 1 aliphatic heterocycles. The highest BCUT2D eigenvalue weighted by Gasteiger charge is 2.39. The van der Waals surface area contributed by atoms with Gasteiger partial charge in [-0.2, -0.15) is 0 Å². The molecule has 1 heterocycles. The monoisotopic (exact) mass is 199 g/mol. The number of rotatable bonds is 1. The number of nitrogens with one attached hydrogen (secondary N) is 1. The van der Waals surface area contributed by atoms with Crippen molar-refractivity contribution in [3.05, 3.63) is 0 Å². The number of Topliss-reactive ketones (excluding diaryl/α,β-unsaturated/α-hetero) is 1. The minimum atomic E-state index is -0.630. The molecular weight excluding hydrogens is 182 g/mol. The van der Waals surface area contributed by atoms with Crippen molar-refractivity contribution < 1.29 is 14.3 Å². The van der Waals surface area contributed by atoms with Gasteiger partial charge in [-0.15, -0.1) is 0 Å². The van der Waals surface area contributed by atoms with Gasteiger partial charge in [-0.05, 0) is 27.7 Å². The first-order valence-corrected chi connectivity index (χ1v) is 4.80. The molecule has 0 aromatic carbocycles. The third kappa shape index (κ3) is 2.54. The molecule has 4 heteroatoms. The van der Waals surface area contributed by atoms with E-state index in [1.807, 2.05) is 6.92 Å². The van der Waals surface area contributed by atoms with Crippen LogP contribution in [0.2, 0.25) is 0 Å². The van der Waals surface area contributed by atoms with Crippen molar-refractivity contribution in [2.75, 3.05) is 6.54 Å². The van der Waals surface area contributed by atoms with Gasteiger partial charge in [-0.3, -0.25) is 9.59 Å². The van der Waals surface area contributed by atoms with Gasteiger partial charge < -0.3 is 10.1 Å². The van der Waals surface area contributed by atoms with Crippen molar-refractivity contribution in [3.63, 3.8) is 0 Å². The normalized spacial score (nSPS) is 27.9. The van der Waals surface area contributed by atoms with Crippen LogP contribution in [0.4, 0.5) is 0 Å². The van der Waals surface area contributed by atoms with Crippen molar-refractivity contribution in [2.45, 2.75) is 39.3 Å². The number of ether oxygens (including phenoxy) is 1. The summed E-state index contributed by atoms with van der Waals surface area (Å²) in [6.45, 7) is 7.47. The maximum absolute atomic E-state index is 11.6. The van der Waals surface area contributed by atoms with E-state index in [0.717, 1.165) is 0 Å². The van der Waals surface area contributed by atoms with Gasteiger partial charge in [0.05, 0.1) is 6.54 Å². The van der Waals surface area contributed by atoms with Crippen molar-refractivity contribution in [1.82, 2.24) is 5.32 Å². The largest absolute Gasteiger partial charge is 0.459 e. The van der Waals surface area contributed by atoms with Gasteiger partial charge in [0.2, 0.25) is 0 Å². The lowest BCUT2D eigenvalue weighted by Crippen LogP contribution is -2.36. The van der Waals surface area contributed by atoms with E-state index in [2.05, 4.69) is 5.32 Å². The topological polar surface area (TPSA) is 55.4 Å². The van der Waals surface area contributed by atoms with Crippen LogP contribution in [0.5, 0.6) is 0 Å². The number of esters is 1. The van der Waals surface area contributed by atoms with Gasteiger partial charge in [0, 0.05) is 6.04 Å². The van der Waals surface area contributed by atoms with Gasteiger partial charge in [0.25, 0.3) is 0 Å². The SMILES string of the molecule is C[C@@H]1NCC(=O)C1C(=O)OC(C)(C)C.